The number of likely N-dealkylation sites (tertiary alicyclic amines) is 1. The summed E-state index contributed by atoms with van der Waals surface area (Å²) in [5, 5.41) is 48.4. The van der Waals surface area contributed by atoms with E-state index in [1.807, 2.05) is 26.0 Å². The number of fused-ring (bicyclic) bond motifs is 1. The fourth-order valence-corrected chi connectivity index (χ4v) is 7.22. The number of hydrogen-bond donors (Lipinski definition) is 5. The van der Waals surface area contributed by atoms with E-state index in [9.17, 15) is 25.2 Å². The number of benzene rings is 1. The molecule has 1 saturated carbocycles. The van der Waals surface area contributed by atoms with E-state index in [1.54, 1.807) is 12.1 Å². The van der Waals surface area contributed by atoms with Crippen molar-refractivity contribution in [3.8, 4) is 11.5 Å². The molecule has 1 saturated heterocycles. The van der Waals surface area contributed by atoms with Gasteiger partial charge in [0.25, 0.3) is 5.91 Å². The Morgan fingerprint density at radius 3 is 2.69 bits per heavy atom. The lowest BCUT2D eigenvalue weighted by molar-refractivity contribution is -0.171. The number of phenols is 2. The second-order valence-corrected chi connectivity index (χ2v) is 11.2. The highest BCUT2D eigenvalue weighted by Gasteiger charge is 2.69. The van der Waals surface area contributed by atoms with Gasteiger partial charge in [-0.3, -0.25) is 9.69 Å². The minimum absolute atomic E-state index is 0.0544. The molecule has 0 unspecified atom stereocenters. The Labute approximate surface area is 210 Å². The number of hydrogen-bond acceptors (Lipinski definition) is 7. The number of nitrogens with one attached hydrogen (secondary N) is 1. The van der Waals surface area contributed by atoms with Crippen molar-refractivity contribution in [1.82, 2.24) is 9.88 Å². The molecule has 1 aromatic carbocycles. The van der Waals surface area contributed by atoms with E-state index in [-0.39, 0.29) is 35.3 Å². The highest BCUT2D eigenvalue weighted by Crippen LogP contribution is 2.63. The first kappa shape index (κ1) is 23.3. The SMILES string of the molecule is Cc1cccc(NC(=O)C2=C(O)[C@H](C)[C@]34CCN(CC5CC5)[C@H](Cc5ccc(O)c(O)c53)[C@]4(O)C2)n1. The number of piperidine rings is 1. The molecule has 1 aromatic heterocycles. The van der Waals surface area contributed by atoms with Gasteiger partial charge in [-0.25, -0.2) is 4.98 Å². The maximum atomic E-state index is 13.4. The van der Waals surface area contributed by atoms with E-state index in [0.717, 1.165) is 17.8 Å². The van der Waals surface area contributed by atoms with Crippen LogP contribution in [0.25, 0.3) is 0 Å². The number of aromatic hydroxyl groups is 2. The molecule has 8 nitrogen and oxygen atoms in total. The molecule has 0 spiro atoms. The van der Waals surface area contributed by atoms with Crippen molar-refractivity contribution in [2.75, 3.05) is 18.4 Å². The Bertz CT molecular complexity index is 1290. The predicted octanol–water partition coefficient (Wildman–Crippen LogP) is 3.30. The van der Waals surface area contributed by atoms with Gasteiger partial charge in [0, 0.05) is 41.6 Å². The van der Waals surface area contributed by atoms with E-state index in [1.165, 1.54) is 18.9 Å². The molecule has 4 aliphatic rings. The number of amides is 1. The number of aliphatic hydroxyl groups is 2. The zero-order valence-electron chi connectivity index (χ0n) is 20.7. The Hall–Kier alpha value is -3.10. The molecule has 190 valence electrons. The second-order valence-electron chi connectivity index (χ2n) is 11.2. The third-order valence-corrected chi connectivity index (χ3v) is 9.16. The molecule has 2 bridgehead atoms. The van der Waals surface area contributed by atoms with Crippen molar-refractivity contribution < 1.29 is 25.2 Å². The van der Waals surface area contributed by atoms with E-state index in [0.29, 0.717) is 36.7 Å². The molecule has 2 aromatic rings. The van der Waals surface area contributed by atoms with Crippen LogP contribution in [0.3, 0.4) is 0 Å². The number of aryl methyl sites for hydroxylation is 1. The first-order valence-electron chi connectivity index (χ1n) is 12.8. The summed E-state index contributed by atoms with van der Waals surface area (Å²) >= 11 is 0. The molecule has 6 rings (SSSR count). The molecule has 2 heterocycles. The van der Waals surface area contributed by atoms with Crippen LogP contribution in [0, 0.1) is 18.8 Å². The minimum Gasteiger partial charge on any atom is -0.512 e. The number of carbonyl (C=O) groups is 1. The van der Waals surface area contributed by atoms with Gasteiger partial charge in [0.2, 0.25) is 0 Å². The first-order chi connectivity index (χ1) is 17.2. The topological polar surface area (TPSA) is 126 Å². The van der Waals surface area contributed by atoms with Crippen LogP contribution >= 0.6 is 0 Å². The summed E-state index contributed by atoms with van der Waals surface area (Å²) in [6.45, 7) is 5.24. The van der Waals surface area contributed by atoms with Gasteiger partial charge in [-0.2, -0.15) is 0 Å². The first-order valence-corrected chi connectivity index (χ1v) is 12.8. The lowest BCUT2D eigenvalue weighted by Crippen LogP contribution is -2.75. The number of phenolic OH excluding ortho intramolecular Hbond substituents is 2. The molecule has 2 fully saturated rings. The number of aliphatic hydroxyl groups excluding tert-OH is 1. The van der Waals surface area contributed by atoms with Crippen LogP contribution in [0.15, 0.2) is 41.7 Å². The molecule has 4 atom stereocenters. The van der Waals surface area contributed by atoms with Gasteiger partial charge in [0.15, 0.2) is 11.5 Å². The normalized spacial score (nSPS) is 31.5. The number of carbonyl (C=O) groups excluding carboxylic acids is 1. The van der Waals surface area contributed by atoms with Gasteiger partial charge >= 0.3 is 0 Å². The monoisotopic (exact) mass is 491 g/mol. The number of nitrogens with zero attached hydrogens (tertiary/aromatic N) is 2. The summed E-state index contributed by atoms with van der Waals surface area (Å²) < 4.78 is 0. The summed E-state index contributed by atoms with van der Waals surface area (Å²) in [6.07, 6.45) is 3.31. The quantitative estimate of drug-likeness (QED) is 0.416. The Morgan fingerprint density at radius 1 is 1.19 bits per heavy atom. The minimum atomic E-state index is -1.42. The average Bonchev–Trinajstić information content (AvgIpc) is 3.65. The second kappa shape index (κ2) is 7.95. The molecule has 5 N–H and O–H groups in total. The van der Waals surface area contributed by atoms with Crippen LogP contribution in [0.4, 0.5) is 5.82 Å². The van der Waals surface area contributed by atoms with Crippen LogP contribution in [0.5, 0.6) is 11.5 Å². The van der Waals surface area contributed by atoms with Crippen LogP contribution in [-0.2, 0) is 16.6 Å². The van der Waals surface area contributed by atoms with Crippen molar-refractivity contribution in [2.45, 2.75) is 63.0 Å². The predicted molar refractivity (Wildman–Crippen MR) is 134 cm³/mol. The maximum absolute atomic E-state index is 13.4. The fourth-order valence-electron chi connectivity index (χ4n) is 7.22. The highest BCUT2D eigenvalue weighted by atomic mass is 16.3. The van der Waals surface area contributed by atoms with E-state index >= 15 is 0 Å². The van der Waals surface area contributed by atoms with Gasteiger partial charge < -0.3 is 25.7 Å². The molecule has 0 radical (unpaired) electrons. The average molecular weight is 492 g/mol. The molecule has 3 aliphatic carbocycles. The van der Waals surface area contributed by atoms with Crippen molar-refractivity contribution in [1.29, 1.82) is 0 Å². The van der Waals surface area contributed by atoms with Crippen LogP contribution in [0.1, 0.15) is 49.4 Å². The van der Waals surface area contributed by atoms with E-state index in [4.69, 9.17) is 0 Å². The Kier molecular flexibility index (Phi) is 5.15. The maximum Gasteiger partial charge on any atom is 0.256 e. The zero-order valence-corrected chi connectivity index (χ0v) is 20.7. The standard InChI is InChI=1S/C28H33N3O5/c1-15-4-3-5-22(29-15)30-26(35)19-13-28(36)21-12-18-8-9-20(32)25(34)23(18)27(28,16(2)24(19)33)10-11-31(21)14-17-6-7-17/h3-5,8-9,16-17,21,32-34,36H,6-7,10-14H2,1-2H3,(H,29,30,35)/t16-,21+,27+,28+/m0/s1. The van der Waals surface area contributed by atoms with Gasteiger partial charge in [0.05, 0.1) is 11.2 Å². The van der Waals surface area contributed by atoms with Crippen LogP contribution in [-0.4, -0.2) is 60.9 Å². The largest absolute Gasteiger partial charge is 0.512 e. The van der Waals surface area contributed by atoms with Crippen molar-refractivity contribution >= 4 is 11.7 Å². The summed E-state index contributed by atoms with van der Waals surface area (Å²) in [5.74, 6) is -0.707. The van der Waals surface area contributed by atoms with Crippen LogP contribution < -0.4 is 5.32 Å². The fraction of sp³-hybridized carbons (Fsp3) is 0.500. The van der Waals surface area contributed by atoms with Gasteiger partial charge in [-0.05, 0) is 68.8 Å². The Balaban J connectivity index is 1.48. The Morgan fingerprint density at radius 2 is 1.97 bits per heavy atom. The highest BCUT2D eigenvalue weighted by molar-refractivity contribution is 6.04. The molecular weight excluding hydrogens is 458 g/mol. The smallest absolute Gasteiger partial charge is 0.256 e. The van der Waals surface area contributed by atoms with E-state index < -0.39 is 22.8 Å². The molecule has 1 aliphatic heterocycles. The van der Waals surface area contributed by atoms with Crippen LogP contribution in [0.2, 0.25) is 0 Å². The van der Waals surface area contributed by atoms with Gasteiger partial charge in [0.1, 0.15) is 11.6 Å². The lowest BCUT2D eigenvalue weighted by atomic mass is 9.46. The van der Waals surface area contributed by atoms with E-state index in [2.05, 4.69) is 15.2 Å². The molecule has 1 amide bonds. The van der Waals surface area contributed by atoms with Crippen molar-refractivity contribution in [3.05, 3.63) is 58.5 Å². The summed E-state index contributed by atoms with van der Waals surface area (Å²) in [7, 11) is 0. The van der Waals surface area contributed by atoms with Crippen molar-refractivity contribution in [3.63, 3.8) is 0 Å². The van der Waals surface area contributed by atoms with Crippen molar-refractivity contribution in [2.24, 2.45) is 11.8 Å². The third-order valence-electron chi connectivity index (χ3n) is 9.16. The molecular formula is C28H33N3O5. The number of rotatable bonds is 4. The molecule has 36 heavy (non-hydrogen) atoms. The van der Waals surface area contributed by atoms with Gasteiger partial charge in [-0.15, -0.1) is 0 Å². The molecule has 8 heteroatoms. The lowest BCUT2D eigenvalue weighted by Gasteiger charge is -2.65. The van der Waals surface area contributed by atoms with Gasteiger partial charge in [-0.1, -0.05) is 19.1 Å². The zero-order chi connectivity index (χ0) is 25.4. The summed E-state index contributed by atoms with van der Waals surface area (Å²) in [4.78, 5) is 20.1. The third kappa shape index (κ3) is 3.20. The summed E-state index contributed by atoms with van der Waals surface area (Å²) in [5.41, 5.74) is -0.182. The number of allylic oxidation sites excluding steroid dienone is 1. The summed E-state index contributed by atoms with van der Waals surface area (Å²) in [6, 6.07) is 8.35. The number of anilines is 1. The number of aromatic nitrogens is 1. The number of pyridine rings is 1.